The van der Waals surface area contributed by atoms with Crippen molar-refractivity contribution in [2.45, 2.75) is 32.1 Å². The van der Waals surface area contributed by atoms with Gasteiger partial charge in [0.15, 0.2) is 5.78 Å². The number of carbonyl (C=O) groups is 2. The SMILES string of the molecule is COC(=O)C1=C(C)NC2=C(C(=O)CCC2)C1c1ccc([N+](=O)[O-])o1. The summed E-state index contributed by atoms with van der Waals surface area (Å²) in [6, 6.07) is 2.64. The van der Waals surface area contributed by atoms with Crippen LogP contribution in [0.15, 0.2) is 39.1 Å². The van der Waals surface area contributed by atoms with Crippen molar-refractivity contribution in [2.75, 3.05) is 7.11 Å². The fourth-order valence-electron chi connectivity index (χ4n) is 3.24. The molecule has 1 aromatic heterocycles. The van der Waals surface area contributed by atoms with Crippen molar-refractivity contribution >= 4 is 17.6 Å². The normalized spacial score (nSPS) is 20.6. The number of allylic oxidation sites excluding steroid dienone is 3. The van der Waals surface area contributed by atoms with Gasteiger partial charge in [0, 0.05) is 23.4 Å². The minimum Gasteiger partial charge on any atom is -0.466 e. The summed E-state index contributed by atoms with van der Waals surface area (Å²) in [7, 11) is 1.25. The van der Waals surface area contributed by atoms with Gasteiger partial charge >= 0.3 is 11.9 Å². The van der Waals surface area contributed by atoms with Gasteiger partial charge in [-0.1, -0.05) is 0 Å². The molecule has 24 heavy (non-hydrogen) atoms. The van der Waals surface area contributed by atoms with Gasteiger partial charge in [-0.2, -0.15) is 0 Å². The molecule has 126 valence electrons. The average molecular weight is 332 g/mol. The lowest BCUT2D eigenvalue weighted by atomic mass is 9.77. The first kappa shape index (κ1) is 16.0. The zero-order valence-electron chi connectivity index (χ0n) is 13.3. The Labute approximate surface area is 137 Å². The maximum atomic E-state index is 12.5. The first-order chi connectivity index (χ1) is 11.4. The topological polar surface area (TPSA) is 112 Å². The van der Waals surface area contributed by atoms with Crippen molar-refractivity contribution in [3.8, 4) is 0 Å². The van der Waals surface area contributed by atoms with Crippen LogP contribution in [0, 0.1) is 10.1 Å². The van der Waals surface area contributed by atoms with Gasteiger partial charge in [0.1, 0.15) is 10.7 Å². The molecule has 0 amide bonds. The standard InChI is InChI=1S/C16H16N2O6/c1-8-13(16(20)23-2)15(11-6-7-12(24-11)18(21)22)14-9(17-8)4-3-5-10(14)19/h6-7,15,17H,3-5H2,1-2H3. The average Bonchev–Trinajstić information content (AvgIpc) is 3.03. The molecule has 2 aliphatic rings. The highest BCUT2D eigenvalue weighted by atomic mass is 16.6. The smallest absolute Gasteiger partial charge is 0.433 e. The minimum absolute atomic E-state index is 0.0956. The number of rotatable bonds is 3. The van der Waals surface area contributed by atoms with E-state index < -0.39 is 22.7 Å². The number of methoxy groups -OCH3 is 1. The number of esters is 1. The molecule has 3 rings (SSSR count). The lowest BCUT2D eigenvalue weighted by Crippen LogP contribution is -2.34. The molecule has 0 fully saturated rings. The van der Waals surface area contributed by atoms with Crippen LogP contribution in [0.25, 0.3) is 0 Å². The molecule has 2 heterocycles. The van der Waals surface area contributed by atoms with Crippen molar-refractivity contribution < 1.29 is 23.7 Å². The Balaban J connectivity index is 2.17. The monoisotopic (exact) mass is 332 g/mol. The molecule has 0 radical (unpaired) electrons. The summed E-state index contributed by atoms with van der Waals surface area (Å²) in [5, 5.41) is 14.0. The zero-order chi connectivity index (χ0) is 17.4. The lowest BCUT2D eigenvalue weighted by Gasteiger charge is -2.32. The second-order valence-corrected chi connectivity index (χ2v) is 5.69. The predicted octanol–water partition coefficient (Wildman–Crippen LogP) is 2.33. The van der Waals surface area contributed by atoms with E-state index >= 15 is 0 Å². The van der Waals surface area contributed by atoms with Gasteiger partial charge in [-0.25, -0.2) is 4.79 Å². The van der Waals surface area contributed by atoms with Gasteiger partial charge in [-0.15, -0.1) is 0 Å². The number of Topliss-reactive ketones (excluding diaryl/α,β-unsaturated/α-hetero) is 1. The maximum Gasteiger partial charge on any atom is 0.433 e. The van der Waals surface area contributed by atoms with Crippen molar-refractivity contribution in [1.82, 2.24) is 5.32 Å². The molecule has 1 N–H and O–H groups in total. The highest BCUT2D eigenvalue weighted by Gasteiger charge is 2.41. The number of nitrogens with zero attached hydrogens (tertiary/aromatic N) is 1. The summed E-state index contributed by atoms with van der Waals surface area (Å²) in [6.07, 6.45) is 1.76. The molecule has 1 aromatic rings. The Morgan fingerprint density at radius 3 is 2.79 bits per heavy atom. The number of hydrogen-bond donors (Lipinski definition) is 1. The maximum absolute atomic E-state index is 12.5. The number of ether oxygens (including phenoxy) is 1. The van der Waals surface area contributed by atoms with Crippen LogP contribution in [0.4, 0.5) is 5.88 Å². The summed E-state index contributed by atoms with van der Waals surface area (Å²) in [5.41, 5.74) is 1.95. The molecule has 0 aromatic carbocycles. The van der Waals surface area contributed by atoms with Crippen LogP contribution >= 0.6 is 0 Å². The second-order valence-electron chi connectivity index (χ2n) is 5.69. The molecule has 8 nitrogen and oxygen atoms in total. The van der Waals surface area contributed by atoms with Gasteiger partial charge in [-0.3, -0.25) is 14.9 Å². The highest BCUT2D eigenvalue weighted by molar-refractivity contribution is 6.03. The molecule has 1 atom stereocenters. The van der Waals surface area contributed by atoms with E-state index in [0.29, 0.717) is 24.1 Å². The van der Waals surface area contributed by atoms with E-state index in [1.165, 1.54) is 19.2 Å². The fourth-order valence-corrected chi connectivity index (χ4v) is 3.24. The van der Waals surface area contributed by atoms with Crippen molar-refractivity contribution in [3.63, 3.8) is 0 Å². The number of furan rings is 1. The Morgan fingerprint density at radius 1 is 1.42 bits per heavy atom. The Kier molecular flexibility index (Phi) is 3.96. The van der Waals surface area contributed by atoms with Gasteiger partial charge in [0.2, 0.25) is 0 Å². The van der Waals surface area contributed by atoms with Crippen LogP contribution in [0.5, 0.6) is 0 Å². The summed E-state index contributed by atoms with van der Waals surface area (Å²) in [6.45, 7) is 1.71. The largest absolute Gasteiger partial charge is 0.466 e. The van der Waals surface area contributed by atoms with Crippen molar-refractivity contribution in [3.05, 3.63) is 50.5 Å². The molecule has 0 saturated carbocycles. The third kappa shape index (κ3) is 2.49. The molecule has 1 aliphatic heterocycles. The van der Waals surface area contributed by atoms with Crippen LogP contribution in [0.3, 0.4) is 0 Å². The van der Waals surface area contributed by atoms with E-state index in [2.05, 4.69) is 5.32 Å². The second kappa shape index (κ2) is 5.95. The number of ketones is 1. The van der Waals surface area contributed by atoms with E-state index in [0.717, 1.165) is 12.1 Å². The third-order valence-electron chi connectivity index (χ3n) is 4.26. The van der Waals surface area contributed by atoms with Gasteiger partial charge in [0.25, 0.3) is 0 Å². The van der Waals surface area contributed by atoms with Crippen LogP contribution in [-0.2, 0) is 14.3 Å². The quantitative estimate of drug-likeness (QED) is 0.513. The number of hydrogen-bond acceptors (Lipinski definition) is 7. The first-order valence-corrected chi connectivity index (χ1v) is 7.50. The lowest BCUT2D eigenvalue weighted by molar-refractivity contribution is -0.402. The van der Waals surface area contributed by atoms with E-state index in [-0.39, 0.29) is 17.1 Å². The summed E-state index contributed by atoms with van der Waals surface area (Å²) in [4.78, 5) is 35.0. The Hall–Kier alpha value is -2.90. The number of carbonyl (C=O) groups excluding carboxylic acids is 2. The van der Waals surface area contributed by atoms with Crippen LogP contribution < -0.4 is 5.32 Å². The summed E-state index contributed by atoms with van der Waals surface area (Å²) >= 11 is 0. The summed E-state index contributed by atoms with van der Waals surface area (Å²) in [5.74, 6) is -1.74. The van der Waals surface area contributed by atoms with Crippen molar-refractivity contribution in [1.29, 1.82) is 0 Å². The third-order valence-corrected chi connectivity index (χ3v) is 4.26. The Morgan fingerprint density at radius 2 is 2.17 bits per heavy atom. The van der Waals surface area contributed by atoms with Gasteiger partial charge < -0.3 is 14.5 Å². The molecule has 0 spiro atoms. The number of dihydropyridines is 1. The minimum atomic E-state index is -0.796. The van der Waals surface area contributed by atoms with Crippen LogP contribution in [0.1, 0.15) is 37.9 Å². The molecule has 1 aliphatic carbocycles. The number of nitro groups is 1. The van der Waals surface area contributed by atoms with Crippen LogP contribution in [0.2, 0.25) is 0 Å². The van der Waals surface area contributed by atoms with Crippen LogP contribution in [-0.4, -0.2) is 23.8 Å². The van der Waals surface area contributed by atoms with Gasteiger partial charge in [0.05, 0.1) is 24.7 Å². The molecule has 8 heteroatoms. The molecule has 0 bridgehead atoms. The van der Waals surface area contributed by atoms with E-state index in [1.807, 2.05) is 0 Å². The Bertz CT molecular complexity index is 801. The zero-order valence-corrected chi connectivity index (χ0v) is 13.3. The first-order valence-electron chi connectivity index (χ1n) is 7.50. The molecule has 0 saturated heterocycles. The van der Waals surface area contributed by atoms with Gasteiger partial charge in [-0.05, 0) is 25.8 Å². The highest BCUT2D eigenvalue weighted by Crippen LogP contribution is 2.43. The summed E-state index contributed by atoms with van der Waals surface area (Å²) < 4.78 is 10.1. The molecular formula is C16H16N2O6. The van der Waals surface area contributed by atoms with E-state index in [4.69, 9.17) is 9.15 Å². The van der Waals surface area contributed by atoms with E-state index in [1.54, 1.807) is 6.92 Å². The van der Waals surface area contributed by atoms with Crippen molar-refractivity contribution in [2.24, 2.45) is 0 Å². The number of nitrogens with one attached hydrogen (secondary N) is 1. The fraction of sp³-hybridized carbons (Fsp3) is 0.375. The molecular weight excluding hydrogens is 316 g/mol. The predicted molar refractivity (Wildman–Crippen MR) is 81.8 cm³/mol. The molecule has 1 unspecified atom stereocenters. The van der Waals surface area contributed by atoms with E-state index in [9.17, 15) is 19.7 Å².